The maximum atomic E-state index is 12.3. The number of hydrogen-bond donors (Lipinski definition) is 3. The van der Waals surface area contributed by atoms with E-state index in [2.05, 4.69) is 10.6 Å². The molecule has 1 aromatic rings. The second-order valence-electron chi connectivity index (χ2n) is 5.05. The van der Waals surface area contributed by atoms with Crippen molar-refractivity contribution in [1.82, 2.24) is 10.6 Å². The number of nitrogens with zero attached hydrogens (tertiary/aromatic N) is 1. The predicted octanol–water partition coefficient (Wildman–Crippen LogP) is 1.04. The summed E-state index contributed by atoms with van der Waals surface area (Å²) >= 11 is 1.49. The number of hydrogen-bond acceptors (Lipinski definition) is 6. The Balaban J connectivity index is 2.77. The number of carboxylic acids is 1. The molecule has 0 bridgehead atoms. The zero-order valence-electron chi connectivity index (χ0n) is 13.6. The van der Waals surface area contributed by atoms with E-state index >= 15 is 0 Å². The molecular formula is C15H19N3O6S. The molecule has 136 valence electrons. The van der Waals surface area contributed by atoms with Gasteiger partial charge in [-0.25, -0.2) is 0 Å². The number of aliphatic carboxylic acids is 1. The van der Waals surface area contributed by atoms with Gasteiger partial charge in [-0.1, -0.05) is 6.07 Å². The van der Waals surface area contributed by atoms with Crippen LogP contribution >= 0.6 is 11.8 Å². The first kappa shape index (κ1) is 20.4. The Bertz CT molecular complexity index is 652. The summed E-state index contributed by atoms with van der Waals surface area (Å²) in [5, 5.41) is 24.4. The summed E-state index contributed by atoms with van der Waals surface area (Å²) in [5.74, 6) is -1.54. The van der Waals surface area contributed by atoms with Crippen LogP contribution in [0.3, 0.4) is 0 Å². The van der Waals surface area contributed by atoms with Gasteiger partial charge in [0.15, 0.2) is 0 Å². The van der Waals surface area contributed by atoms with Crippen LogP contribution in [0.1, 0.15) is 23.2 Å². The van der Waals surface area contributed by atoms with Crippen molar-refractivity contribution in [1.29, 1.82) is 0 Å². The number of non-ortho nitro benzene ring substituents is 1. The fourth-order valence-corrected chi connectivity index (χ4v) is 2.39. The van der Waals surface area contributed by atoms with Gasteiger partial charge in [0.25, 0.3) is 11.6 Å². The van der Waals surface area contributed by atoms with E-state index in [0.717, 1.165) is 6.07 Å². The van der Waals surface area contributed by atoms with Gasteiger partial charge < -0.3 is 15.7 Å². The predicted molar refractivity (Wildman–Crippen MR) is 92.6 cm³/mol. The molecule has 0 radical (unpaired) electrons. The lowest BCUT2D eigenvalue weighted by atomic mass is 10.1. The van der Waals surface area contributed by atoms with Crippen LogP contribution in [0.5, 0.6) is 0 Å². The SMILES string of the molecule is CSCCC(NC(=O)c1cccc([N+](=O)[O-])c1)C(=O)NCCC(=O)O. The molecule has 25 heavy (non-hydrogen) atoms. The van der Waals surface area contributed by atoms with E-state index in [-0.39, 0.29) is 24.2 Å². The molecule has 0 saturated carbocycles. The number of benzene rings is 1. The fraction of sp³-hybridized carbons (Fsp3) is 0.400. The van der Waals surface area contributed by atoms with Gasteiger partial charge in [0.1, 0.15) is 6.04 Å². The highest BCUT2D eigenvalue weighted by molar-refractivity contribution is 7.98. The summed E-state index contributed by atoms with van der Waals surface area (Å²) in [6.07, 6.45) is 1.97. The highest BCUT2D eigenvalue weighted by Gasteiger charge is 2.22. The van der Waals surface area contributed by atoms with Gasteiger partial charge in [-0.3, -0.25) is 24.5 Å². The minimum absolute atomic E-state index is 0.0450. The van der Waals surface area contributed by atoms with E-state index in [1.807, 2.05) is 6.26 Å². The Morgan fingerprint density at radius 1 is 1.36 bits per heavy atom. The zero-order valence-corrected chi connectivity index (χ0v) is 14.4. The first-order valence-corrected chi connectivity index (χ1v) is 8.78. The molecule has 0 aliphatic carbocycles. The fourth-order valence-electron chi connectivity index (χ4n) is 1.92. The summed E-state index contributed by atoms with van der Waals surface area (Å²) in [4.78, 5) is 45.1. The van der Waals surface area contributed by atoms with Crippen LogP contribution in [0.15, 0.2) is 24.3 Å². The van der Waals surface area contributed by atoms with Crippen LogP contribution in [0.2, 0.25) is 0 Å². The van der Waals surface area contributed by atoms with Gasteiger partial charge >= 0.3 is 5.97 Å². The van der Waals surface area contributed by atoms with Gasteiger partial charge in [0.05, 0.1) is 11.3 Å². The van der Waals surface area contributed by atoms with E-state index in [4.69, 9.17) is 5.11 Å². The summed E-state index contributed by atoms with van der Waals surface area (Å²) < 4.78 is 0. The van der Waals surface area contributed by atoms with Gasteiger partial charge in [0.2, 0.25) is 5.91 Å². The number of nitro benzene ring substituents is 1. The normalized spacial score (nSPS) is 11.4. The first-order valence-electron chi connectivity index (χ1n) is 7.39. The van der Waals surface area contributed by atoms with E-state index in [0.29, 0.717) is 12.2 Å². The van der Waals surface area contributed by atoms with Crippen LogP contribution < -0.4 is 10.6 Å². The first-order chi connectivity index (χ1) is 11.8. The van der Waals surface area contributed by atoms with Gasteiger partial charge in [-0.05, 0) is 24.5 Å². The lowest BCUT2D eigenvalue weighted by Crippen LogP contribution is -2.47. The van der Waals surface area contributed by atoms with Crippen molar-refractivity contribution >= 4 is 35.2 Å². The van der Waals surface area contributed by atoms with Gasteiger partial charge in [-0.15, -0.1) is 0 Å². The summed E-state index contributed by atoms with van der Waals surface area (Å²) in [7, 11) is 0. The Morgan fingerprint density at radius 2 is 2.08 bits per heavy atom. The highest BCUT2D eigenvalue weighted by Crippen LogP contribution is 2.13. The van der Waals surface area contributed by atoms with E-state index in [1.54, 1.807) is 0 Å². The number of nitro groups is 1. The minimum Gasteiger partial charge on any atom is -0.481 e. The van der Waals surface area contributed by atoms with Crippen LogP contribution in [-0.2, 0) is 9.59 Å². The molecule has 0 spiro atoms. The number of rotatable bonds is 10. The minimum atomic E-state index is -1.04. The number of nitrogens with one attached hydrogen (secondary N) is 2. The number of carbonyl (C=O) groups excluding carboxylic acids is 2. The molecule has 0 heterocycles. The Labute approximate surface area is 148 Å². The van der Waals surface area contributed by atoms with Crippen LogP contribution in [0, 0.1) is 10.1 Å². The van der Waals surface area contributed by atoms with Crippen molar-refractivity contribution in [3.8, 4) is 0 Å². The number of carbonyl (C=O) groups is 3. The van der Waals surface area contributed by atoms with E-state index in [9.17, 15) is 24.5 Å². The average molecular weight is 369 g/mol. The third kappa shape index (κ3) is 7.21. The molecule has 9 nitrogen and oxygen atoms in total. The number of amides is 2. The molecule has 1 atom stereocenters. The number of thioether (sulfide) groups is 1. The quantitative estimate of drug-likeness (QED) is 0.413. The molecule has 0 fully saturated rings. The molecule has 10 heteroatoms. The molecule has 2 amide bonds. The molecular weight excluding hydrogens is 350 g/mol. The smallest absolute Gasteiger partial charge is 0.305 e. The third-order valence-electron chi connectivity index (χ3n) is 3.19. The lowest BCUT2D eigenvalue weighted by molar-refractivity contribution is -0.384. The van der Waals surface area contributed by atoms with E-state index in [1.165, 1.54) is 30.0 Å². The maximum absolute atomic E-state index is 12.3. The second kappa shape index (κ2) is 10.3. The Hall–Kier alpha value is -2.62. The van der Waals surface area contributed by atoms with Crippen molar-refractivity contribution in [2.24, 2.45) is 0 Å². The lowest BCUT2D eigenvalue weighted by Gasteiger charge is -2.18. The monoisotopic (exact) mass is 369 g/mol. The maximum Gasteiger partial charge on any atom is 0.305 e. The third-order valence-corrected chi connectivity index (χ3v) is 3.83. The molecule has 1 unspecified atom stereocenters. The van der Waals surface area contributed by atoms with E-state index < -0.39 is 28.7 Å². The topological polar surface area (TPSA) is 139 Å². The summed E-state index contributed by atoms with van der Waals surface area (Å²) in [5.41, 5.74) is -0.152. The Kier molecular flexibility index (Phi) is 8.40. The van der Waals surface area contributed by atoms with Crippen molar-refractivity contribution in [2.75, 3.05) is 18.6 Å². The standard InChI is InChI=1S/C15H19N3O6S/c1-25-8-6-12(15(22)16-7-5-13(19)20)17-14(21)10-3-2-4-11(9-10)18(23)24/h2-4,9,12H,5-8H2,1H3,(H,16,22)(H,17,21)(H,19,20). The van der Waals surface area contributed by atoms with Crippen LogP contribution in [0.25, 0.3) is 0 Å². The second-order valence-corrected chi connectivity index (χ2v) is 6.04. The van der Waals surface area contributed by atoms with Crippen molar-refractivity contribution < 1.29 is 24.4 Å². The summed E-state index contributed by atoms with van der Waals surface area (Å²) in [6, 6.07) is 4.34. The highest BCUT2D eigenvalue weighted by atomic mass is 32.2. The molecule has 3 N–H and O–H groups in total. The van der Waals surface area contributed by atoms with Crippen molar-refractivity contribution in [2.45, 2.75) is 18.9 Å². The van der Waals surface area contributed by atoms with Gasteiger partial charge in [-0.2, -0.15) is 11.8 Å². The van der Waals surface area contributed by atoms with Crippen LogP contribution in [-0.4, -0.2) is 52.4 Å². The van der Waals surface area contributed by atoms with Gasteiger partial charge in [0, 0.05) is 24.2 Å². The largest absolute Gasteiger partial charge is 0.481 e. The van der Waals surface area contributed by atoms with Crippen LogP contribution in [0.4, 0.5) is 5.69 Å². The molecule has 0 aliphatic heterocycles. The average Bonchev–Trinajstić information content (AvgIpc) is 2.57. The Morgan fingerprint density at radius 3 is 2.68 bits per heavy atom. The van der Waals surface area contributed by atoms with Crippen molar-refractivity contribution in [3.05, 3.63) is 39.9 Å². The number of carboxylic acid groups (broad SMARTS) is 1. The molecule has 0 aromatic heterocycles. The molecule has 1 rings (SSSR count). The zero-order chi connectivity index (χ0) is 18.8. The van der Waals surface area contributed by atoms with Crippen molar-refractivity contribution in [3.63, 3.8) is 0 Å². The molecule has 0 saturated heterocycles. The molecule has 0 aliphatic rings. The summed E-state index contributed by atoms with van der Waals surface area (Å²) in [6.45, 7) is -0.0450. The molecule has 1 aromatic carbocycles.